The zero-order valence-electron chi connectivity index (χ0n) is 9.69. The fourth-order valence-electron chi connectivity index (χ4n) is 1.59. The highest BCUT2D eigenvalue weighted by Crippen LogP contribution is 2.12. The maximum absolute atomic E-state index is 11.8. The van der Waals surface area contributed by atoms with Crippen molar-refractivity contribution in [3.8, 4) is 0 Å². The van der Waals surface area contributed by atoms with Crippen molar-refractivity contribution in [2.45, 2.75) is 24.1 Å². The molecular weight excluding hydrogens is 312 g/mol. The molecular formula is C9H17BrN2O4S. The number of hydrogen-bond donors (Lipinski definition) is 1. The Labute approximate surface area is 110 Å². The summed E-state index contributed by atoms with van der Waals surface area (Å²) in [5.41, 5.74) is 0. The van der Waals surface area contributed by atoms with E-state index in [1.54, 1.807) is 0 Å². The van der Waals surface area contributed by atoms with E-state index < -0.39 is 21.0 Å². The molecule has 1 fully saturated rings. The second-order valence-corrected chi connectivity index (χ2v) is 6.66. The third-order valence-corrected chi connectivity index (χ3v) is 4.83. The number of nitrogens with one attached hydrogen (secondary N) is 1. The van der Waals surface area contributed by atoms with E-state index in [2.05, 4.69) is 25.4 Å². The average Bonchev–Trinajstić information content (AvgIpc) is 2.36. The highest BCUT2D eigenvalue weighted by molar-refractivity contribution is 9.10. The van der Waals surface area contributed by atoms with Gasteiger partial charge in [-0.05, 0) is 12.8 Å². The molecule has 6 nitrogen and oxygen atoms in total. The van der Waals surface area contributed by atoms with Crippen LogP contribution in [0, 0.1) is 0 Å². The molecule has 0 saturated carbocycles. The zero-order valence-corrected chi connectivity index (χ0v) is 12.1. The second-order valence-electron chi connectivity index (χ2n) is 3.80. The third-order valence-electron chi connectivity index (χ3n) is 2.56. The number of nitrogens with zero attached hydrogens (tertiary/aromatic N) is 1. The minimum Gasteiger partial charge on any atom is -0.468 e. The molecule has 0 aromatic carbocycles. The van der Waals surface area contributed by atoms with E-state index in [0.717, 1.165) is 19.3 Å². The average molecular weight is 329 g/mol. The van der Waals surface area contributed by atoms with Gasteiger partial charge in [-0.15, -0.1) is 0 Å². The topological polar surface area (TPSA) is 75.7 Å². The molecule has 0 radical (unpaired) electrons. The highest BCUT2D eigenvalue weighted by Gasteiger charge is 2.25. The first-order valence-electron chi connectivity index (χ1n) is 5.44. The number of carbonyl (C=O) groups excluding carboxylic acids is 1. The summed E-state index contributed by atoms with van der Waals surface area (Å²) in [4.78, 5) is 10.4. The Hall–Kier alpha value is -0.180. The summed E-state index contributed by atoms with van der Waals surface area (Å²) in [5.74, 6) is -0.494. The van der Waals surface area contributed by atoms with Crippen LogP contribution < -0.4 is 4.72 Å². The van der Waals surface area contributed by atoms with Gasteiger partial charge in [-0.2, -0.15) is 12.7 Å². The molecule has 0 aromatic rings. The molecule has 1 aliphatic heterocycles. The van der Waals surface area contributed by atoms with Crippen molar-refractivity contribution in [3.63, 3.8) is 0 Å². The summed E-state index contributed by atoms with van der Waals surface area (Å²) in [6.45, 7) is 1.08. The van der Waals surface area contributed by atoms with Crippen LogP contribution >= 0.6 is 15.9 Å². The predicted octanol–water partition coefficient (Wildman–Crippen LogP) is 0.243. The van der Waals surface area contributed by atoms with E-state index in [9.17, 15) is 13.2 Å². The van der Waals surface area contributed by atoms with Crippen molar-refractivity contribution < 1.29 is 17.9 Å². The number of carbonyl (C=O) groups is 1. The number of alkyl halides is 1. The van der Waals surface area contributed by atoms with Crippen LogP contribution in [-0.4, -0.2) is 50.3 Å². The van der Waals surface area contributed by atoms with Gasteiger partial charge < -0.3 is 4.74 Å². The number of esters is 1. The van der Waals surface area contributed by atoms with Gasteiger partial charge in [-0.25, -0.2) is 4.72 Å². The van der Waals surface area contributed by atoms with Gasteiger partial charge in [-0.3, -0.25) is 4.79 Å². The molecule has 1 aliphatic rings. The van der Waals surface area contributed by atoms with E-state index in [0.29, 0.717) is 13.1 Å². The smallest absolute Gasteiger partial charge is 0.320 e. The van der Waals surface area contributed by atoms with Crippen molar-refractivity contribution in [1.29, 1.82) is 0 Å². The normalized spacial score (nSPS) is 19.9. The Morgan fingerprint density at radius 2 is 2.00 bits per heavy atom. The summed E-state index contributed by atoms with van der Waals surface area (Å²) < 4.78 is 32.0. The minimum absolute atomic E-state index is 0.00843. The van der Waals surface area contributed by atoms with Gasteiger partial charge in [0.15, 0.2) is 0 Å². The standard InChI is InChI=1S/C9H17BrN2O4S/c1-16-9(13)8(10)7-11-17(14,15)12-5-3-2-4-6-12/h8,11H,2-7H2,1H3. The van der Waals surface area contributed by atoms with E-state index in [1.807, 2.05) is 0 Å². The summed E-state index contributed by atoms with van der Waals surface area (Å²) >= 11 is 3.06. The molecule has 1 heterocycles. The molecule has 0 aliphatic carbocycles. The van der Waals surface area contributed by atoms with Gasteiger partial charge in [0.05, 0.1) is 7.11 Å². The van der Waals surface area contributed by atoms with Crippen molar-refractivity contribution in [2.75, 3.05) is 26.7 Å². The molecule has 8 heteroatoms. The number of halogens is 1. The molecule has 17 heavy (non-hydrogen) atoms. The summed E-state index contributed by atoms with van der Waals surface area (Å²) in [5, 5.41) is 0. The monoisotopic (exact) mass is 328 g/mol. The molecule has 0 spiro atoms. The van der Waals surface area contributed by atoms with Gasteiger partial charge in [0.25, 0.3) is 10.2 Å². The minimum atomic E-state index is -3.47. The Morgan fingerprint density at radius 1 is 1.41 bits per heavy atom. The van der Waals surface area contributed by atoms with Crippen molar-refractivity contribution in [3.05, 3.63) is 0 Å². The van der Waals surface area contributed by atoms with Gasteiger partial charge in [-0.1, -0.05) is 22.4 Å². The van der Waals surface area contributed by atoms with Crippen LogP contribution in [0.1, 0.15) is 19.3 Å². The molecule has 1 unspecified atom stereocenters. The van der Waals surface area contributed by atoms with Gasteiger partial charge >= 0.3 is 5.97 Å². The first-order chi connectivity index (χ1) is 7.97. The van der Waals surface area contributed by atoms with Crippen LogP contribution in [-0.2, 0) is 19.7 Å². The number of methoxy groups -OCH3 is 1. The van der Waals surface area contributed by atoms with Crippen LogP contribution in [0.25, 0.3) is 0 Å². The largest absolute Gasteiger partial charge is 0.468 e. The SMILES string of the molecule is COC(=O)C(Br)CNS(=O)(=O)N1CCCCC1. The van der Waals surface area contributed by atoms with E-state index in [4.69, 9.17) is 0 Å². The first kappa shape index (κ1) is 14.9. The van der Waals surface area contributed by atoms with Crippen molar-refractivity contribution in [2.24, 2.45) is 0 Å². The van der Waals surface area contributed by atoms with Crippen LogP contribution in [0.3, 0.4) is 0 Å². The van der Waals surface area contributed by atoms with Gasteiger partial charge in [0.2, 0.25) is 0 Å². The molecule has 1 atom stereocenters. The Morgan fingerprint density at radius 3 is 2.53 bits per heavy atom. The lowest BCUT2D eigenvalue weighted by Gasteiger charge is -2.26. The Balaban J connectivity index is 2.46. The molecule has 0 bridgehead atoms. The zero-order chi connectivity index (χ0) is 12.9. The van der Waals surface area contributed by atoms with E-state index in [1.165, 1.54) is 11.4 Å². The van der Waals surface area contributed by atoms with Crippen LogP contribution in [0.4, 0.5) is 0 Å². The maximum atomic E-state index is 11.8. The summed E-state index contributed by atoms with van der Waals surface area (Å²) in [6.07, 6.45) is 2.83. The lowest BCUT2D eigenvalue weighted by molar-refractivity contribution is -0.139. The summed E-state index contributed by atoms with van der Waals surface area (Å²) in [6, 6.07) is 0. The molecule has 1 saturated heterocycles. The quantitative estimate of drug-likeness (QED) is 0.579. The lowest BCUT2D eigenvalue weighted by Crippen LogP contribution is -2.45. The van der Waals surface area contributed by atoms with Crippen LogP contribution in [0.15, 0.2) is 0 Å². The van der Waals surface area contributed by atoms with Crippen LogP contribution in [0.2, 0.25) is 0 Å². The maximum Gasteiger partial charge on any atom is 0.320 e. The van der Waals surface area contributed by atoms with Gasteiger partial charge in [0, 0.05) is 19.6 Å². The number of piperidine rings is 1. The lowest BCUT2D eigenvalue weighted by atomic mass is 10.2. The third kappa shape index (κ3) is 4.53. The second kappa shape index (κ2) is 6.67. The fourth-order valence-corrected chi connectivity index (χ4v) is 3.45. The molecule has 1 rings (SSSR count). The fraction of sp³-hybridized carbons (Fsp3) is 0.889. The van der Waals surface area contributed by atoms with Crippen molar-refractivity contribution in [1.82, 2.24) is 9.03 Å². The number of hydrogen-bond acceptors (Lipinski definition) is 4. The van der Waals surface area contributed by atoms with E-state index >= 15 is 0 Å². The first-order valence-corrected chi connectivity index (χ1v) is 7.79. The summed E-state index contributed by atoms with van der Waals surface area (Å²) in [7, 11) is -2.21. The molecule has 0 amide bonds. The number of ether oxygens (including phenoxy) is 1. The number of rotatable bonds is 5. The van der Waals surface area contributed by atoms with Crippen LogP contribution in [0.5, 0.6) is 0 Å². The van der Waals surface area contributed by atoms with Gasteiger partial charge in [0.1, 0.15) is 4.83 Å². The Bertz CT molecular complexity index is 354. The van der Waals surface area contributed by atoms with E-state index in [-0.39, 0.29) is 6.54 Å². The highest BCUT2D eigenvalue weighted by atomic mass is 79.9. The molecule has 1 N–H and O–H groups in total. The molecule has 100 valence electrons. The Kier molecular flexibility index (Phi) is 5.84. The molecule has 0 aromatic heterocycles. The van der Waals surface area contributed by atoms with Crippen molar-refractivity contribution >= 4 is 32.1 Å². The predicted molar refractivity (Wildman–Crippen MR) is 67.1 cm³/mol.